The standard InChI is InChI=1S/C27H22FN3O5/c1-34-23-11-9-19-21(12-13-29-25(19)26(23)35-2)36-22-10-8-18(14-20(22)28)31-24(32)16-30(27(31)33)15-17-6-4-3-5-7-17/h3-14H,15-16H2,1-2H3. The van der Waals surface area contributed by atoms with Gasteiger partial charge in [0.25, 0.3) is 5.91 Å². The average molecular weight is 487 g/mol. The lowest BCUT2D eigenvalue weighted by Crippen LogP contribution is -2.32. The van der Waals surface area contributed by atoms with Gasteiger partial charge in [0.2, 0.25) is 0 Å². The molecule has 1 aliphatic heterocycles. The van der Waals surface area contributed by atoms with Crippen molar-refractivity contribution < 1.29 is 28.2 Å². The van der Waals surface area contributed by atoms with Crippen molar-refractivity contribution in [2.45, 2.75) is 6.54 Å². The van der Waals surface area contributed by atoms with Crippen molar-refractivity contribution in [1.82, 2.24) is 9.88 Å². The van der Waals surface area contributed by atoms with Crippen molar-refractivity contribution >= 4 is 28.5 Å². The molecule has 0 saturated carbocycles. The molecule has 0 unspecified atom stereocenters. The van der Waals surface area contributed by atoms with Gasteiger partial charge in [-0.2, -0.15) is 0 Å². The quantitative estimate of drug-likeness (QED) is 0.335. The van der Waals surface area contributed by atoms with Crippen LogP contribution in [0.2, 0.25) is 0 Å². The first-order valence-electron chi connectivity index (χ1n) is 11.1. The summed E-state index contributed by atoms with van der Waals surface area (Å²) in [6, 6.07) is 17.9. The van der Waals surface area contributed by atoms with E-state index in [2.05, 4.69) is 4.98 Å². The maximum Gasteiger partial charge on any atom is 0.332 e. The van der Waals surface area contributed by atoms with Crippen molar-refractivity contribution in [3.8, 4) is 23.0 Å². The van der Waals surface area contributed by atoms with E-state index in [4.69, 9.17) is 14.2 Å². The fourth-order valence-corrected chi connectivity index (χ4v) is 4.16. The first-order chi connectivity index (χ1) is 17.5. The van der Waals surface area contributed by atoms with Crippen molar-refractivity contribution in [3.63, 3.8) is 0 Å². The van der Waals surface area contributed by atoms with Gasteiger partial charge < -0.3 is 19.1 Å². The number of hydrogen-bond donors (Lipinski definition) is 0. The number of nitrogens with zero attached hydrogens (tertiary/aromatic N) is 3. The van der Waals surface area contributed by atoms with Crippen LogP contribution in [0.25, 0.3) is 10.9 Å². The highest BCUT2D eigenvalue weighted by Crippen LogP contribution is 2.39. The van der Waals surface area contributed by atoms with Crippen molar-refractivity contribution in [2.24, 2.45) is 0 Å². The highest BCUT2D eigenvalue weighted by molar-refractivity contribution is 6.19. The molecule has 1 aromatic heterocycles. The fourth-order valence-electron chi connectivity index (χ4n) is 4.16. The van der Waals surface area contributed by atoms with E-state index in [1.54, 1.807) is 18.2 Å². The van der Waals surface area contributed by atoms with Crippen LogP contribution in [0.4, 0.5) is 14.9 Å². The number of hydrogen-bond acceptors (Lipinski definition) is 6. The van der Waals surface area contributed by atoms with Crippen molar-refractivity contribution in [1.29, 1.82) is 0 Å². The van der Waals surface area contributed by atoms with Crippen LogP contribution in [-0.2, 0) is 11.3 Å². The van der Waals surface area contributed by atoms with Crippen LogP contribution in [-0.4, -0.2) is 42.6 Å². The zero-order valence-corrected chi connectivity index (χ0v) is 19.6. The number of rotatable bonds is 7. The van der Waals surface area contributed by atoms with Crippen molar-refractivity contribution in [3.05, 3.63) is 84.3 Å². The number of halogens is 1. The molecule has 2 heterocycles. The van der Waals surface area contributed by atoms with Crippen LogP contribution in [0.3, 0.4) is 0 Å². The molecule has 3 amide bonds. The van der Waals surface area contributed by atoms with E-state index in [0.717, 1.165) is 16.5 Å². The van der Waals surface area contributed by atoms with Gasteiger partial charge in [-0.15, -0.1) is 0 Å². The summed E-state index contributed by atoms with van der Waals surface area (Å²) in [6.07, 6.45) is 1.52. The molecule has 36 heavy (non-hydrogen) atoms. The first-order valence-corrected chi connectivity index (χ1v) is 11.1. The molecule has 0 aliphatic carbocycles. The maximum atomic E-state index is 15.1. The summed E-state index contributed by atoms with van der Waals surface area (Å²) in [5, 5.41) is 0.597. The number of pyridine rings is 1. The van der Waals surface area contributed by atoms with E-state index in [1.807, 2.05) is 30.3 Å². The Hall–Kier alpha value is -4.66. The number of aromatic nitrogens is 1. The van der Waals surface area contributed by atoms with E-state index in [-0.39, 0.29) is 24.5 Å². The molecule has 1 fully saturated rings. The Labute approximate surface area is 206 Å². The fraction of sp³-hybridized carbons (Fsp3) is 0.148. The summed E-state index contributed by atoms with van der Waals surface area (Å²) < 4.78 is 31.7. The number of methoxy groups -OCH3 is 2. The highest BCUT2D eigenvalue weighted by atomic mass is 19.1. The molecule has 5 rings (SSSR count). The van der Waals surface area contributed by atoms with Crippen LogP contribution >= 0.6 is 0 Å². The number of ether oxygens (including phenoxy) is 3. The van der Waals surface area contributed by atoms with Crippen molar-refractivity contribution in [2.75, 3.05) is 25.7 Å². The molecule has 0 bridgehead atoms. The van der Waals surface area contributed by atoms with Crippen LogP contribution in [0, 0.1) is 5.82 Å². The largest absolute Gasteiger partial charge is 0.493 e. The summed E-state index contributed by atoms with van der Waals surface area (Å²) in [4.78, 5) is 32.3. The van der Waals surface area contributed by atoms with Gasteiger partial charge >= 0.3 is 6.03 Å². The van der Waals surface area contributed by atoms with Crippen LogP contribution in [0.15, 0.2) is 72.9 Å². The Kier molecular flexibility index (Phi) is 6.12. The van der Waals surface area contributed by atoms with E-state index >= 15 is 4.39 Å². The van der Waals surface area contributed by atoms with Crippen LogP contribution < -0.4 is 19.1 Å². The molecule has 9 heteroatoms. The SMILES string of the molecule is COc1ccc2c(Oc3ccc(N4C(=O)CN(Cc5ccccc5)C4=O)cc3F)ccnc2c1OC. The minimum Gasteiger partial charge on any atom is -0.493 e. The average Bonchev–Trinajstić information content (AvgIpc) is 3.17. The zero-order valence-electron chi connectivity index (χ0n) is 19.6. The number of urea groups is 1. The maximum absolute atomic E-state index is 15.1. The molecular formula is C27H22FN3O5. The lowest BCUT2D eigenvalue weighted by atomic mass is 10.1. The lowest BCUT2D eigenvalue weighted by molar-refractivity contribution is -0.116. The first kappa shape index (κ1) is 23.1. The molecule has 3 aromatic carbocycles. The summed E-state index contributed by atoms with van der Waals surface area (Å²) in [7, 11) is 3.03. The number of amides is 3. The molecule has 0 radical (unpaired) electrons. The predicted octanol–water partition coefficient (Wildman–Crippen LogP) is 5.15. The molecule has 0 N–H and O–H groups in total. The summed E-state index contributed by atoms with van der Waals surface area (Å²) in [5.41, 5.74) is 1.53. The van der Waals surface area contributed by atoms with Gasteiger partial charge in [0.15, 0.2) is 23.1 Å². The minimum atomic E-state index is -0.722. The van der Waals surface area contributed by atoms with Gasteiger partial charge in [-0.3, -0.25) is 9.78 Å². The summed E-state index contributed by atoms with van der Waals surface area (Å²) in [5.74, 6) is 0.0790. The minimum absolute atomic E-state index is 0.0683. The number of carbonyl (C=O) groups is 2. The highest BCUT2D eigenvalue weighted by Gasteiger charge is 2.37. The number of benzene rings is 3. The Bertz CT molecular complexity index is 1460. The number of anilines is 1. The Balaban J connectivity index is 1.40. The van der Waals surface area contributed by atoms with Gasteiger partial charge in [-0.1, -0.05) is 30.3 Å². The normalized spacial score (nSPS) is 13.4. The third-order valence-corrected chi connectivity index (χ3v) is 5.86. The second-order valence-electron chi connectivity index (χ2n) is 8.08. The van der Waals surface area contributed by atoms with E-state index in [0.29, 0.717) is 28.2 Å². The topological polar surface area (TPSA) is 81.2 Å². The van der Waals surface area contributed by atoms with Gasteiger partial charge in [0.05, 0.1) is 19.9 Å². The third-order valence-electron chi connectivity index (χ3n) is 5.86. The van der Waals surface area contributed by atoms with Gasteiger partial charge in [-0.05, 0) is 35.9 Å². The Morgan fingerprint density at radius 2 is 1.69 bits per heavy atom. The predicted molar refractivity (Wildman–Crippen MR) is 131 cm³/mol. The van der Waals surface area contributed by atoms with E-state index in [1.165, 1.54) is 37.4 Å². The second kappa shape index (κ2) is 9.53. The molecule has 4 aromatic rings. The summed E-state index contributed by atoms with van der Waals surface area (Å²) >= 11 is 0. The smallest absolute Gasteiger partial charge is 0.332 e. The second-order valence-corrected chi connectivity index (χ2v) is 8.08. The molecule has 0 spiro atoms. The molecule has 1 saturated heterocycles. The molecule has 8 nitrogen and oxygen atoms in total. The van der Waals surface area contributed by atoms with Crippen LogP contribution in [0.5, 0.6) is 23.0 Å². The third kappa shape index (κ3) is 4.15. The van der Waals surface area contributed by atoms with E-state index < -0.39 is 17.8 Å². The van der Waals surface area contributed by atoms with Gasteiger partial charge in [0, 0.05) is 24.2 Å². The molecule has 1 aliphatic rings. The monoisotopic (exact) mass is 487 g/mol. The van der Waals surface area contributed by atoms with Gasteiger partial charge in [0.1, 0.15) is 17.8 Å². The van der Waals surface area contributed by atoms with Gasteiger partial charge in [-0.25, -0.2) is 14.1 Å². The number of imide groups is 1. The Morgan fingerprint density at radius 1 is 0.917 bits per heavy atom. The Morgan fingerprint density at radius 3 is 2.42 bits per heavy atom. The lowest BCUT2D eigenvalue weighted by Gasteiger charge is -2.18. The van der Waals surface area contributed by atoms with E-state index in [9.17, 15) is 9.59 Å². The molecule has 182 valence electrons. The number of fused-ring (bicyclic) bond motifs is 1. The van der Waals surface area contributed by atoms with Crippen LogP contribution in [0.1, 0.15) is 5.56 Å². The molecule has 0 atom stereocenters. The number of carbonyl (C=O) groups excluding carboxylic acids is 2. The summed E-state index contributed by atoms with van der Waals surface area (Å²) in [6.45, 7) is 0.205. The molecular weight excluding hydrogens is 465 g/mol. The zero-order chi connectivity index (χ0) is 25.2.